The highest BCUT2D eigenvalue weighted by molar-refractivity contribution is 6.92. The number of rotatable bonds is 31. The second kappa shape index (κ2) is 29.9. The van der Waals surface area contributed by atoms with Crippen LogP contribution >= 0.6 is 0 Å². The number of aromatic amines is 1. The van der Waals surface area contributed by atoms with E-state index in [0.717, 1.165) is 86.9 Å². The number of carboxylic acid groups (broad SMARTS) is 4. The molecule has 4 aromatic rings. The van der Waals surface area contributed by atoms with E-state index in [-0.39, 0.29) is 68.4 Å². The normalized spacial score (nSPS) is 28.6. The zero-order valence-corrected chi connectivity index (χ0v) is 63.8. The minimum Gasteiger partial charge on any atom is -0.496 e. The van der Waals surface area contributed by atoms with E-state index in [1.54, 1.807) is 19.2 Å². The van der Waals surface area contributed by atoms with Gasteiger partial charge in [0.1, 0.15) is 22.9 Å². The molecule has 2 bridgehead atoms. The number of unbranched alkanes of at least 4 members (excludes halogenated alkanes) is 2. The first-order valence-corrected chi connectivity index (χ1v) is 42.9. The summed E-state index contributed by atoms with van der Waals surface area (Å²) < 4.78 is 13.5. The van der Waals surface area contributed by atoms with Crippen molar-refractivity contribution in [2.45, 2.75) is 234 Å². The lowest BCUT2D eigenvalue weighted by Crippen LogP contribution is -2.74. The van der Waals surface area contributed by atoms with E-state index in [1.807, 2.05) is 38.3 Å². The highest BCUT2D eigenvalue weighted by Gasteiger charge is 2.76. The number of piperidine rings is 1. The number of methoxy groups -OCH3 is 1. The van der Waals surface area contributed by atoms with Crippen molar-refractivity contribution in [2.24, 2.45) is 17.3 Å². The van der Waals surface area contributed by atoms with Gasteiger partial charge < -0.3 is 70.8 Å². The van der Waals surface area contributed by atoms with Gasteiger partial charge in [-0.05, 0) is 176 Å². The molecule has 3 aromatic carbocycles. The van der Waals surface area contributed by atoms with E-state index >= 15 is 0 Å². The Hall–Kier alpha value is -7.31. The molecule has 1 saturated carbocycles. The maximum Gasteiger partial charge on any atom is 0.329 e. The van der Waals surface area contributed by atoms with Gasteiger partial charge in [-0.2, -0.15) is 0 Å². The molecule has 3 unspecified atom stereocenters. The van der Waals surface area contributed by atoms with Gasteiger partial charge in [0.05, 0.1) is 24.4 Å². The number of ether oxygens (including phenoxy) is 1. The fourth-order valence-electron chi connectivity index (χ4n) is 19.4. The number of H-pyrrole nitrogens is 1. The lowest BCUT2D eigenvalue weighted by Gasteiger charge is -2.64. The van der Waals surface area contributed by atoms with Gasteiger partial charge in [0.25, 0.3) is 0 Å². The van der Waals surface area contributed by atoms with E-state index in [1.165, 1.54) is 22.2 Å². The third-order valence-electron chi connectivity index (χ3n) is 24.5. The van der Waals surface area contributed by atoms with Gasteiger partial charge in [-0.1, -0.05) is 87.9 Å². The van der Waals surface area contributed by atoms with Crippen molar-refractivity contribution in [1.29, 1.82) is 0 Å². The van der Waals surface area contributed by atoms with Crippen LogP contribution in [0.4, 0.5) is 4.79 Å². The third kappa shape index (κ3) is 15.3. The van der Waals surface area contributed by atoms with Crippen molar-refractivity contribution in [3.05, 3.63) is 106 Å². The van der Waals surface area contributed by atoms with Crippen LogP contribution in [-0.4, -0.2) is 202 Å². The molecule has 10 rings (SSSR count). The maximum atomic E-state index is 14.8. The number of hydrogen-bond acceptors (Lipinski definition) is 15. The Bertz CT molecular complexity index is 3940. The van der Waals surface area contributed by atoms with Crippen molar-refractivity contribution in [3.8, 4) is 5.75 Å². The fourth-order valence-corrected chi connectivity index (χ4v) is 28.0. The molecular formula is C77H109N7O17Si2. The van der Waals surface area contributed by atoms with Crippen LogP contribution in [0, 0.1) is 17.3 Å². The average Bonchev–Trinajstić information content (AvgIpc) is 1.50. The summed E-state index contributed by atoms with van der Waals surface area (Å²) in [6, 6.07) is 18.1. The minimum absolute atomic E-state index is 0.00967. The van der Waals surface area contributed by atoms with Crippen LogP contribution in [0.2, 0.25) is 32.2 Å². The number of para-hydroxylation sites is 1. The number of nitrogens with zero attached hydrogens (tertiary/aromatic N) is 2. The quantitative estimate of drug-likeness (QED) is 0.00977. The van der Waals surface area contributed by atoms with Gasteiger partial charge in [-0.15, -0.1) is 0 Å². The summed E-state index contributed by atoms with van der Waals surface area (Å²) in [7, 11) is -3.90. The molecule has 103 heavy (non-hydrogen) atoms. The smallest absolute Gasteiger partial charge is 0.329 e. The molecule has 2 aliphatic carbocycles. The van der Waals surface area contributed by atoms with Gasteiger partial charge in [0, 0.05) is 114 Å². The van der Waals surface area contributed by atoms with E-state index in [9.17, 15) is 69.0 Å². The van der Waals surface area contributed by atoms with Crippen LogP contribution in [-0.2, 0) is 50.1 Å². The van der Waals surface area contributed by atoms with E-state index < -0.39 is 128 Å². The van der Waals surface area contributed by atoms with Gasteiger partial charge in [-0.3, -0.25) is 33.8 Å². The summed E-state index contributed by atoms with van der Waals surface area (Å²) >= 11 is 0. The van der Waals surface area contributed by atoms with Gasteiger partial charge in [0.15, 0.2) is 14.1 Å². The highest BCUT2D eigenvalue weighted by atomic mass is 28.4. The third-order valence-corrected chi connectivity index (χ3v) is 31.9. The Kier molecular flexibility index (Phi) is 22.7. The number of aliphatic hydroxyl groups is 3. The highest BCUT2D eigenvalue weighted by Crippen LogP contribution is 2.71. The van der Waals surface area contributed by atoms with E-state index in [4.69, 9.17) is 14.0 Å². The van der Waals surface area contributed by atoms with E-state index in [0.29, 0.717) is 50.6 Å². The number of Topliss-reactive ketones (excluding diaryl/α,β-unsaturated/α-hetero) is 1. The molecule has 12 N–H and O–H groups in total. The number of urea groups is 1. The molecular weight excluding hydrogens is 1350 g/mol. The molecule has 2 saturated heterocycles. The lowest BCUT2D eigenvalue weighted by atomic mass is 9.45. The average molecular weight is 1460 g/mol. The van der Waals surface area contributed by atoms with Crippen LogP contribution in [0.5, 0.6) is 5.75 Å². The molecule has 24 nitrogen and oxygen atoms in total. The number of carbonyl (C=O) groups is 8. The molecule has 6 aliphatic rings. The summed E-state index contributed by atoms with van der Waals surface area (Å²) in [5, 5.41) is 90.0. The fraction of sp³-hybridized carbons (Fsp3) is 0.610. The first-order chi connectivity index (χ1) is 48.4. The first-order valence-electron chi connectivity index (χ1n) is 36.9. The molecule has 0 radical (unpaired) electrons. The number of aliphatic carboxylic acids is 4. The van der Waals surface area contributed by atoms with Gasteiger partial charge in [-0.25, -0.2) is 14.4 Å². The van der Waals surface area contributed by atoms with Crippen LogP contribution in [0.3, 0.4) is 0 Å². The topological polar surface area (TPSA) is 367 Å². The Morgan fingerprint density at radius 3 is 2.13 bits per heavy atom. The number of carbonyl (C=O) groups excluding carboxylic acids is 4. The number of amides is 4. The minimum atomic E-state index is -2.85. The van der Waals surface area contributed by atoms with Crippen molar-refractivity contribution in [3.63, 3.8) is 0 Å². The predicted octanol–water partition coefficient (Wildman–Crippen LogP) is 8.18. The molecule has 14 atom stereocenters. The predicted molar refractivity (Wildman–Crippen MR) is 394 cm³/mol. The largest absolute Gasteiger partial charge is 0.496 e. The molecule has 1 aromatic heterocycles. The van der Waals surface area contributed by atoms with Crippen LogP contribution in [0.25, 0.3) is 10.9 Å². The van der Waals surface area contributed by atoms with Gasteiger partial charge >= 0.3 is 29.9 Å². The summed E-state index contributed by atoms with van der Waals surface area (Å²) in [6.45, 7) is 22.9. The number of aromatic nitrogens is 1. The number of benzene rings is 3. The Morgan fingerprint density at radius 2 is 1.49 bits per heavy atom. The number of hydrogen-bond donors (Lipinski definition) is 12. The summed E-state index contributed by atoms with van der Waals surface area (Å²) in [4.78, 5) is 110. The number of ketones is 1. The Balaban J connectivity index is 0.778. The Morgan fingerprint density at radius 1 is 0.806 bits per heavy atom. The van der Waals surface area contributed by atoms with Crippen molar-refractivity contribution < 1.29 is 83.0 Å². The number of carboxylic acids is 4. The zero-order valence-electron chi connectivity index (χ0n) is 61.8. The monoisotopic (exact) mass is 1460 g/mol. The summed E-state index contributed by atoms with van der Waals surface area (Å²) in [6.07, 6.45) is 6.96. The molecule has 26 heteroatoms. The second-order valence-electron chi connectivity index (χ2n) is 32.5. The van der Waals surface area contributed by atoms with Crippen molar-refractivity contribution in [2.75, 3.05) is 46.4 Å². The maximum absolute atomic E-state index is 14.8. The Labute approximate surface area is 605 Å². The molecule has 562 valence electrons. The molecule has 4 amide bonds. The zero-order chi connectivity index (χ0) is 75.2. The van der Waals surface area contributed by atoms with E-state index in [2.05, 4.69) is 112 Å². The number of fused-ring (bicyclic) bond motifs is 6. The molecule has 5 heterocycles. The van der Waals surface area contributed by atoms with Crippen LogP contribution in [0.15, 0.2) is 72.8 Å². The van der Waals surface area contributed by atoms with Crippen molar-refractivity contribution in [1.82, 2.24) is 36.1 Å². The summed E-state index contributed by atoms with van der Waals surface area (Å²) in [5.74, 6) is -6.43. The number of nitrogens with one attached hydrogen (secondary N) is 5. The standard InChI is InChI=1S/C77H109N7O17Si2/c1-12-74(98)43-48-42-71(4,64-52(30-38-83(44-48)46-74)51-20-16-17-21-56(51)80-64)55-41-54-53(40-59(55)100-7)47(3)63-76(54)35-39-84-37-19-31-75(13-2,66(76)84)67(92)77(63,99)34-27-58(85)49-23-25-50(26-24-49)103(10,11)101-102(8,9)45-57(65(90)91)79-61(87)22-15-14-18-36-78-60(86)28-32-72(5,68(93)94)81-70(97)82-73(6,69(95)96)33-29-62(88)89/h16-17,19-21,23-26,31,40-41,47-48,57,63,66-67,80,92,98-99H,12-15,18,22,27-30,32-39,42-46H2,1-11H3,(H,78,86)(H,79,87)(H,88,89)(H,90,91)(H,93,94)(H,95,96)(H2,81,82,97)/t47?,48-,57?,63+,66+,67+,71+,72-,73-,74-,75+,76-,77-/m0/s1. The molecule has 1 spiro atoms. The molecule has 3 fully saturated rings. The second-order valence-corrected chi connectivity index (χ2v) is 40.8. The lowest BCUT2D eigenvalue weighted by molar-refractivity contribution is -0.227. The summed E-state index contributed by atoms with van der Waals surface area (Å²) in [5.41, 5.74) is -1.23. The van der Waals surface area contributed by atoms with Crippen molar-refractivity contribution >= 4 is 80.2 Å². The van der Waals surface area contributed by atoms with Crippen LogP contribution in [0.1, 0.15) is 182 Å². The van der Waals surface area contributed by atoms with Gasteiger partial charge in [0.2, 0.25) is 20.1 Å². The SMILES string of the molecule is CC[C@]1(O)C[C@H]2CN(CCc3c([nH]c4ccccc34)[C@@](C)(c3cc4c(cc3OC)C(C)[C@H]3[C@@](O)(CCC(=O)c5ccc([Si](C)(C)O[Si](C)(C)CC(NC(=O)CCCCCNC(=O)CC[C@](C)(NC(=O)N[C@@](C)(CCC(=O)O)C(=O)O)C(=O)O)C(=O)O)cc5)[C@H](O)[C@]5(CC)C=CCN6CC[C@]43[C@H]65)C2)C1. The molecule has 4 aliphatic heterocycles. The number of aliphatic hydroxyl groups excluding tert-OH is 1. The first kappa shape index (κ1) is 78.3. The van der Waals surface area contributed by atoms with Crippen LogP contribution < -0.4 is 31.2 Å².